The summed E-state index contributed by atoms with van der Waals surface area (Å²) < 4.78 is 40.5. The molecule has 1 unspecified atom stereocenters. The van der Waals surface area contributed by atoms with Gasteiger partial charge in [-0.15, -0.1) is 11.3 Å². The molecule has 7 nitrogen and oxygen atoms in total. The number of carbonyl (C=O) groups excluding carboxylic acids is 1. The van der Waals surface area contributed by atoms with E-state index in [2.05, 4.69) is 24.1 Å². The van der Waals surface area contributed by atoms with Gasteiger partial charge < -0.3 is 14.6 Å². The predicted octanol–water partition coefficient (Wildman–Crippen LogP) is 7.35. The van der Waals surface area contributed by atoms with E-state index in [9.17, 15) is 18.4 Å². The molecule has 0 saturated heterocycles. The molecule has 3 aromatic rings. The van der Waals surface area contributed by atoms with Crippen LogP contribution in [0.15, 0.2) is 41.3 Å². The number of nitrogens with one attached hydrogen (secondary N) is 1. The van der Waals surface area contributed by atoms with Gasteiger partial charge in [0.2, 0.25) is 0 Å². The van der Waals surface area contributed by atoms with Crippen molar-refractivity contribution in [3.63, 3.8) is 0 Å². The SMILES string of the molecule is COc1c(-c2csc(NC(=O)c3cc(F)c(/C=C(\C)C(=O)O)c(F)c3)n2)cccc1C(CCCC(C)C)OC. The molecule has 2 aromatic carbocycles. The molecule has 0 aliphatic heterocycles. The first-order valence-corrected chi connectivity index (χ1v) is 13.3. The van der Waals surface area contributed by atoms with Crippen LogP contribution in [-0.2, 0) is 9.53 Å². The van der Waals surface area contributed by atoms with Crippen LogP contribution in [0.5, 0.6) is 5.75 Å². The highest BCUT2D eigenvalue weighted by Crippen LogP contribution is 2.39. The summed E-state index contributed by atoms with van der Waals surface area (Å²) in [5.41, 5.74) is 1.14. The number of methoxy groups -OCH3 is 2. The first-order valence-electron chi connectivity index (χ1n) is 12.4. The average molecular weight is 559 g/mol. The lowest BCUT2D eigenvalue weighted by Crippen LogP contribution is -2.13. The van der Waals surface area contributed by atoms with Gasteiger partial charge in [0, 0.05) is 40.3 Å². The van der Waals surface area contributed by atoms with E-state index in [0.717, 1.165) is 59.9 Å². The third kappa shape index (κ3) is 7.48. The Labute approximate surface area is 230 Å². The molecular formula is C29H32F2N2O5S. The molecule has 0 bridgehead atoms. The number of thiazole rings is 1. The molecule has 0 fully saturated rings. The molecule has 1 amide bonds. The van der Waals surface area contributed by atoms with E-state index in [1.807, 2.05) is 18.2 Å². The number of ether oxygens (including phenoxy) is 2. The molecule has 3 rings (SSSR count). The molecule has 0 saturated carbocycles. The molecule has 0 aliphatic rings. The Balaban J connectivity index is 1.83. The number of halogens is 2. The van der Waals surface area contributed by atoms with Gasteiger partial charge in [0.05, 0.1) is 18.9 Å². The number of hydrogen-bond donors (Lipinski definition) is 2. The summed E-state index contributed by atoms with van der Waals surface area (Å²) in [4.78, 5) is 28.2. The van der Waals surface area contributed by atoms with Gasteiger partial charge in [-0.1, -0.05) is 38.8 Å². The Morgan fingerprint density at radius 3 is 2.44 bits per heavy atom. The maximum absolute atomic E-state index is 14.5. The van der Waals surface area contributed by atoms with Crippen LogP contribution in [0.2, 0.25) is 0 Å². The Kier molecular flexibility index (Phi) is 10.3. The minimum Gasteiger partial charge on any atom is -0.496 e. The smallest absolute Gasteiger partial charge is 0.331 e. The highest BCUT2D eigenvalue weighted by atomic mass is 32.1. The first kappa shape index (κ1) is 29.9. The van der Waals surface area contributed by atoms with E-state index in [-0.39, 0.29) is 22.4 Å². The molecule has 208 valence electrons. The van der Waals surface area contributed by atoms with Crippen LogP contribution < -0.4 is 10.1 Å². The number of benzene rings is 2. The van der Waals surface area contributed by atoms with Crippen molar-refractivity contribution in [3.05, 3.63) is 69.6 Å². The van der Waals surface area contributed by atoms with Crippen LogP contribution >= 0.6 is 11.3 Å². The lowest BCUT2D eigenvalue weighted by atomic mass is 9.97. The lowest BCUT2D eigenvalue weighted by molar-refractivity contribution is -0.132. The second-order valence-corrected chi connectivity index (χ2v) is 10.3. The number of nitrogens with zero attached hydrogens (tertiary/aromatic N) is 1. The Hall–Kier alpha value is -3.63. The number of carboxylic acid groups (broad SMARTS) is 1. The molecule has 10 heteroatoms. The summed E-state index contributed by atoms with van der Waals surface area (Å²) >= 11 is 1.15. The zero-order chi connectivity index (χ0) is 28.7. The summed E-state index contributed by atoms with van der Waals surface area (Å²) in [5.74, 6) is -2.94. The number of para-hydroxylation sites is 1. The second-order valence-electron chi connectivity index (χ2n) is 9.46. The Bertz CT molecular complexity index is 1350. The summed E-state index contributed by atoms with van der Waals surface area (Å²) in [7, 11) is 3.25. The molecule has 0 aliphatic carbocycles. The van der Waals surface area contributed by atoms with Crippen LogP contribution in [0, 0.1) is 17.6 Å². The zero-order valence-corrected chi connectivity index (χ0v) is 23.3. The van der Waals surface area contributed by atoms with Crippen molar-refractivity contribution in [1.82, 2.24) is 4.98 Å². The van der Waals surface area contributed by atoms with E-state index < -0.39 is 29.1 Å². The van der Waals surface area contributed by atoms with Gasteiger partial charge in [0.1, 0.15) is 17.4 Å². The van der Waals surface area contributed by atoms with Crippen molar-refractivity contribution in [2.75, 3.05) is 19.5 Å². The molecular weight excluding hydrogens is 526 g/mol. The molecule has 39 heavy (non-hydrogen) atoms. The maximum atomic E-state index is 14.5. The molecule has 0 spiro atoms. The number of rotatable bonds is 12. The first-order chi connectivity index (χ1) is 18.5. The van der Waals surface area contributed by atoms with Gasteiger partial charge in [-0.05, 0) is 43.5 Å². The number of carbonyl (C=O) groups is 2. The van der Waals surface area contributed by atoms with Crippen LogP contribution in [-0.4, -0.2) is 36.2 Å². The summed E-state index contributed by atoms with van der Waals surface area (Å²) in [5, 5.41) is 13.5. The number of carboxylic acids is 1. The van der Waals surface area contributed by atoms with E-state index in [4.69, 9.17) is 14.6 Å². The third-order valence-electron chi connectivity index (χ3n) is 6.17. The van der Waals surface area contributed by atoms with Crippen LogP contribution in [0.25, 0.3) is 17.3 Å². The number of anilines is 1. The van der Waals surface area contributed by atoms with Crippen molar-refractivity contribution >= 4 is 34.4 Å². The highest BCUT2D eigenvalue weighted by molar-refractivity contribution is 7.14. The number of aromatic nitrogens is 1. The van der Waals surface area contributed by atoms with Crippen molar-refractivity contribution in [1.29, 1.82) is 0 Å². The number of hydrogen-bond acceptors (Lipinski definition) is 6. The largest absolute Gasteiger partial charge is 0.496 e. The Morgan fingerprint density at radius 2 is 1.85 bits per heavy atom. The van der Waals surface area contributed by atoms with Crippen LogP contribution in [0.1, 0.15) is 67.6 Å². The third-order valence-corrected chi connectivity index (χ3v) is 6.93. The topological polar surface area (TPSA) is 97.8 Å². The standard InChI is InChI=1S/C29H32F2N2O5S/c1-16(2)8-6-11-25(37-4)20-10-7-9-19(26(20)38-5)24-15-39-29(32-24)33-27(34)18-13-22(30)21(23(31)14-18)12-17(3)28(35)36/h7,9-10,12-16,25H,6,8,11H2,1-5H3,(H,35,36)(H,32,33,34)/b17-12+. The lowest BCUT2D eigenvalue weighted by Gasteiger charge is -2.20. The fourth-order valence-corrected chi connectivity index (χ4v) is 4.81. The molecule has 1 aromatic heterocycles. The van der Waals surface area contributed by atoms with Crippen LogP contribution in [0.3, 0.4) is 0 Å². The van der Waals surface area contributed by atoms with Crippen molar-refractivity contribution in [2.45, 2.75) is 46.1 Å². The number of aliphatic carboxylic acids is 1. The number of amides is 1. The minimum atomic E-state index is -1.30. The van der Waals surface area contributed by atoms with Crippen molar-refractivity contribution in [2.24, 2.45) is 5.92 Å². The van der Waals surface area contributed by atoms with Gasteiger partial charge in [0.15, 0.2) is 5.13 Å². The zero-order valence-electron chi connectivity index (χ0n) is 22.5. The van der Waals surface area contributed by atoms with Crippen molar-refractivity contribution < 1.29 is 33.0 Å². The quantitative estimate of drug-likeness (QED) is 0.226. The predicted molar refractivity (Wildman–Crippen MR) is 148 cm³/mol. The summed E-state index contributed by atoms with van der Waals surface area (Å²) in [6, 6.07) is 7.42. The molecule has 1 heterocycles. The summed E-state index contributed by atoms with van der Waals surface area (Å²) in [6.45, 7) is 5.59. The fourth-order valence-electron chi connectivity index (χ4n) is 4.11. The summed E-state index contributed by atoms with van der Waals surface area (Å²) in [6.07, 6.45) is 3.66. The van der Waals surface area contributed by atoms with E-state index in [1.54, 1.807) is 19.6 Å². The highest BCUT2D eigenvalue weighted by Gasteiger charge is 2.21. The van der Waals surface area contributed by atoms with E-state index >= 15 is 0 Å². The fraction of sp³-hybridized carbons (Fsp3) is 0.345. The van der Waals surface area contributed by atoms with Gasteiger partial charge in [0.25, 0.3) is 5.91 Å². The molecule has 2 N–H and O–H groups in total. The monoisotopic (exact) mass is 558 g/mol. The average Bonchev–Trinajstić information content (AvgIpc) is 3.36. The molecule has 0 radical (unpaired) electrons. The van der Waals surface area contributed by atoms with Crippen LogP contribution in [0.4, 0.5) is 13.9 Å². The van der Waals surface area contributed by atoms with E-state index in [0.29, 0.717) is 17.4 Å². The van der Waals surface area contributed by atoms with Gasteiger partial charge in [-0.2, -0.15) is 0 Å². The Morgan fingerprint density at radius 1 is 1.15 bits per heavy atom. The van der Waals surface area contributed by atoms with Crippen molar-refractivity contribution in [3.8, 4) is 17.0 Å². The second kappa shape index (κ2) is 13.4. The van der Waals surface area contributed by atoms with E-state index in [1.165, 1.54) is 6.92 Å². The van der Waals surface area contributed by atoms with Gasteiger partial charge in [-0.3, -0.25) is 10.1 Å². The van der Waals surface area contributed by atoms with Gasteiger partial charge >= 0.3 is 5.97 Å². The minimum absolute atomic E-state index is 0.154. The maximum Gasteiger partial charge on any atom is 0.331 e. The molecule has 1 atom stereocenters. The normalized spacial score (nSPS) is 12.5. The van der Waals surface area contributed by atoms with Gasteiger partial charge in [-0.25, -0.2) is 18.6 Å².